The summed E-state index contributed by atoms with van der Waals surface area (Å²) in [5.74, 6) is 5.21. The molecule has 0 amide bonds. The summed E-state index contributed by atoms with van der Waals surface area (Å²) in [6.07, 6.45) is 1.24. The molecule has 4 heterocycles. The van der Waals surface area contributed by atoms with Crippen LogP contribution < -0.4 is 34.8 Å². The minimum absolute atomic E-state index is 0.484. The van der Waals surface area contributed by atoms with E-state index in [1.807, 2.05) is 18.2 Å². The summed E-state index contributed by atoms with van der Waals surface area (Å²) in [5.41, 5.74) is 2.32. The van der Waals surface area contributed by atoms with Crippen molar-refractivity contribution in [2.24, 2.45) is 11.8 Å². The van der Waals surface area contributed by atoms with E-state index in [4.69, 9.17) is 31.7 Å². The smallest absolute Gasteiger partial charge is 0.232 e. The zero-order valence-electron chi connectivity index (χ0n) is 23.9. The molecule has 0 aliphatic carbocycles. The van der Waals surface area contributed by atoms with E-state index in [9.17, 15) is 0 Å². The molecule has 6 rings (SSSR count). The van der Waals surface area contributed by atoms with Crippen LogP contribution >= 0.6 is 12.2 Å². The third kappa shape index (κ3) is 6.75. The first kappa shape index (κ1) is 27.4. The van der Waals surface area contributed by atoms with E-state index < -0.39 is 0 Å². The van der Waals surface area contributed by atoms with E-state index in [2.05, 4.69) is 75.6 Å². The topological polar surface area (TPSA) is 78.0 Å². The molecule has 2 aromatic carbocycles. The van der Waals surface area contributed by atoms with Gasteiger partial charge in [-0.3, -0.25) is 0 Å². The Hall–Kier alpha value is -3.79. The van der Waals surface area contributed by atoms with E-state index in [1.54, 1.807) is 0 Å². The Morgan fingerprint density at radius 1 is 0.829 bits per heavy atom. The third-order valence-electron chi connectivity index (χ3n) is 7.90. The van der Waals surface area contributed by atoms with Crippen LogP contribution in [0.5, 0.6) is 11.5 Å². The lowest BCUT2D eigenvalue weighted by atomic mass is 9.92. The maximum atomic E-state index is 5.72. The molecule has 9 nitrogen and oxygen atoms in total. The molecule has 0 radical (unpaired) electrons. The predicted molar refractivity (Wildman–Crippen MR) is 169 cm³/mol. The zero-order chi connectivity index (χ0) is 28.2. The summed E-state index contributed by atoms with van der Waals surface area (Å²) in [4.78, 5) is 17.1. The Bertz CT molecular complexity index is 1340. The molecule has 1 aromatic heterocycles. The second kappa shape index (κ2) is 12.4. The van der Waals surface area contributed by atoms with Gasteiger partial charge in [-0.15, -0.1) is 0 Å². The van der Waals surface area contributed by atoms with E-state index in [0.29, 0.717) is 42.7 Å². The molecular formula is C31H39N7O2S. The lowest BCUT2D eigenvalue weighted by Gasteiger charge is -2.38. The van der Waals surface area contributed by atoms with Gasteiger partial charge < -0.3 is 34.8 Å². The Balaban J connectivity index is 1.16. The minimum atomic E-state index is 0.484. The maximum Gasteiger partial charge on any atom is 0.232 e. The number of thiocarbonyl (C=S) groups is 1. The van der Waals surface area contributed by atoms with Crippen molar-refractivity contribution in [2.45, 2.75) is 26.8 Å². The first-order valence-electron chi connectivity index (χ1n) is 14.6. The van der Waals surface area contributed by atoms with Gasteiger partial charge in [-0.1, -0.05) is 38.1 Å². The number of hydrogen-bond donors (Lipinski definition) is 2. The SMILES string of the molecule is C[C@H]1C[C@H](C)CN(c2cc(N3CCN(c4ccccc4)CC3)nc(NC(=S)NCc3ccc4c(c3)OCCO4)n2)C1. The lowest BCUT2D eigenvalue weighted by molar-refractivity contribution is 0.171. The van der Waals surface area contributed by atoms with Crippen LogP contribution in [-0.4, -0.2) is 67.6 Å². The molecule has 0 unspecified atom stereocenters. The number of para-hydroxylation sites is 1. The predicted octanol–water partition coefficient (Wildman–Crippen LogP) is 4.54. The van der Waals surface area contributed by atoms with Crippen LogP contribution in [0.2, 0.25) is 0 Å². The van der Waals surface area contributed by atoms with Crippen molar-refractivity contribution in [3.05, 3.63) is 60.2 Å². The van der Waals surface area contributed by atoms with Gasteiger partial charge in [0.05, 0.1) is 0 Å². The molecule has 0 spiro atoms. The Morgan fingerprint density at radius 3 is 2.22 bits per heavy atom. The maximum absolute atomic E-state index is 5.72. The molecule has 2 atom stereocenters. The van der Waals surface area contributed by atoms with Gasteiger partial charge in [0.1, 0.15) is 24.8 Å². The molecule has 3 aromatic rings. The highest BCUT2D eigenvalue weighted by atomic mass is 32.1. The van der Waals surface area contributed by atoms with Gasteiger partial charge in [0.25, 0.3) is 0 Å². The summed E-state index contributed by atoms with van der Waals surface area (Å²) >= 11 is 5.67. The largest absolute Gasteiger partial charge is 0.486 e. The molecule has 2 fully saturated rings. The summed E-state index contributed by atoms with van der Waals surface area (Å²) in [6.45, 7) is 12.0. The lowest BCUT2D eigenvalue weighted by Crippen LogP contribution is -2.47. The molecule has 3 aliphatic rings. The number of piperidine rings is 1. The van der Waals surface area contributed by atoms with Gasteiger partial charge in [0.2, 0.25) is 5.95 Å². The molecule has 3 aliphatic heterocycles. The number of anilines is 4. The highest BCUT2D eigenvalue weighted by Crippen LogP contribution is 2.31. The van der Waals surface area contributed by atoms with Crippen LogP contribution in [0.3, 0.4) is 0 Å². The van der Waals surface area contributed by atoms with Crippen LogP contribution in [0.4, 0.5) is 23.3 Å². The van der Waals surface area contributed by atoms with Crippen LogP contribution in [0, 0.1) is 11.8 Å². The number of aromatic nitrogens is 2. The minimum Gasteiger partial charge on any atom is -0.486 e. The average molecular weight is 574 g/mol. The molecule has 10 heteroatoms. The van der Waals surface area contributed by atoms with Gasteiger partial charge in [-0.05, 0) is 60.3 Å². The third-order valence-corrected chi connectivity index (χ3v) is 8.15. The van der Waals surface area contributed by atoms with E-state index >= 15 is 0 Å². The van der Waals surface area contributed by atoms with Crippen LogP contribution in [0.25, 0.3) is 0 Å². The van der Waals surface area contributed by atoms with Crippen molar-refractivity contribution in [2.75, 3.05) is 72.5 Å². The number of nitrogens with one attached hydrogen (secondary N) is 2. The Morgan fingerprint density at radius 2 is 1.49 bits per heavy atom. The first-order chi connectivity index (χ1) is 20.0. The monoisotopic (exact) mass is 573 g/mol. The fourth-order valence-electron chi connectivity index (χ4n) is 6.01. The number of rotatable bonds is 6. The summed E-state index contributed by atoms with van der Waals surface area (Å²) in [6, 6.07) is 18.7. The second-order valence-corrected chi connectivity index (χ2v) is 11.8. The van der Waals surface area contributed by atoms with Crippen molar-refractivity contribution in [3.63, 3.8) is 0 Å². The highest BCUT2D eigenvalue weighted by Gasteiger charge is 2.26. The number of fused-ring (bicyclic) bond motifs is 1. The van der Waals surface area contributed by atoms with Gasteiger partial charge >= 0.3 is 0 Å². The van der Waals surface area contributed by atoms with Crippen molar-refractivity contribution in [1.82, 2.24) is 15.3 Å². The molecule has 216 valence electrons. The standard InChI is InChI=1S/C31H39N7O2S/c1-22-16-23(2)21-38(20-22)29-18-28(37-12-10-36(11-13-37)25-6-4-3-5-7-25)33-30(34-29)35-31(41)32-19-24-8-9-26-27(17-24)40-15-14-39-26/h3-9,17-18,22-23H,10-16,19-21H2,1-2H3,(H2,32,33,34,35,41)/t22-,23-/m0/s1. The molecule has 2 N–H and O–H groups in total. The number of hydrogen-bond acceptors (Lipinski definition) is 8. The fraction of sp³-hybridized carbons (Fsp3) is 0.452. The fourth-order valence-corrected chi connectivity index (χ4v) is 6.17. The van der Waals surface area contributed by atoms with Crippen LogP contribution in [0.15, 0.2) is 54.6 Å². The van der Waals surface area contributed by atoms with Crippen molar-refractivity contribution >= 4 is 40.6 Å². The van der Waals surface area contributed by atoms with E-state index in [-0.39, 0.29) is 0 Å². The van der Waals surface area contributed by atoms with Crippen molar-refractivity contribution in [3.8, 4) is 11.5 Å². The Kier molecular flexibility index (Phi) is 8.27. The first-order valence-corrected chi connectivity index (χ1v) is 15.0. The molecule has 0 bridgehead atoms. The van der Waals surface area contributed by atoms with Gasteiger partial charge in [0.15, 0.2) is 16.6 Å². The summed E-state index contributed by atoms with van der Waals surface area (Å²) in [7, 11) is 0. The average Bonchev–Trinajstić information content (AvgIpc) is 3.00. The highest BCUT2D eigenvalue weighted by molar-refractivity contribution is 7.80. The van der Waals surface area contributed by atoms with Crippen molar-refractivity contribution in [1.29, 1.82) is 0 Å². The number of nitrogens with zero attached hydrogens (tertiary/aromatic N) is 5. The van der Waals surface area contributed by atoms with Crippen molar-refractivity contribution < 1.29 is 9.47 Å². The van der Waals surface area contributed by atoms with E-state index in [0.717, 1.165) is 68.0 Å². The second-order valence-electron chi connectivity index (χ2n) is 11.4. The van der Waals surface area contributed by atoms with Gasteiger partial charge in [-0.25, -0.2) is 0 Å². The molecule has 41 heavy (non-hydrogen) atoms. The van der Waals surface area contributed by atoms with Crippen LogP contribution in [-0.2, 0) is 6.54 Å². The van der Waals surface area contributed by atoms with Crippen LogP contribution in [0.1, 0.15) is 25.8 Å². The summed E-state index contributed by atoms with van der Waals surface area (Å²) < 4.78 is 11.4. The zero-order valence-corrected chi connectivity index (χ0v) is 24.7. The number of benzene rings is 2. The van der Waals surface area contributed by atoms with E-state index in [1.165, 1.54) is 12.1 Å². The molecule has 2 saturated heterocycles. The number of ether oxygens (including phenoxy) is 2. The quantitative estimate of drug-likeness (QED) is 0.411. The number of piperazine rings is 1. The normalized spacial score (nSPS) is 20.5. The Labute approximate surface area is 247 Å². The van der Waals surface area contributed by atoms with Gasteiger partial charge in [-0.2, -0.15) is 9.97 Å². The molecule has 0 saturated carbocycles. The summed E-state index contributed by atoms with van der Waals surface area (Å²) in [5, 5.41) is 7.05. The van der Waals surface area contributed by atoms with Gasteiger partial charge in [0, 0.05) is 57.6 Å². The molecular weight excluding hydrogens is 534 g/mol.